The van der Waals surface area contributed by atoms with Crippen LogP contribution in [0.15, 0.2) is 11.4 Å². The van der Waals surface area contributed by atoms with E-state index in [0.717, 1.165) is 12.2 Å². The second-order valence-electron chi connectivity index (χ2n) is 3.25. The number of thiophene rings is 1. The first-order valence-electron chi connectivity index (χ1n) is 4.50. The third-order valence-corrected chi connectivity index (χ3v) is 3.11. The number of carbonyl (C=O) groups excluding carboxylic acids is 1. The Morgan fingerprint density at radius 1 is 1.60 bits per heavy atom. The summed E-state index contributed by atoms with van der Waals surface area (Å²) in [7, 11) is 0. The van der Waals surface area contributed by atoms with Gasteiger partial charge in [-0.05, 0) is 6.07 Å². The monoisotopic (exact) mass is 226 g/mol. The summed E-state index contributed by atoms with van der Waals surface area (Å²) in [4.78, 5) is 24.0. The largest absolute Gasteiger partial charge is 0.477 e. The number of rotatable bonds is 2. The van der Waals surface area contributed by atoms with E-state index in [9.17, 15) is 9.59 Å². The molecule has 1 amide bonds. The van der Waals surface area contributed by atoms with Crippen LogP contribution in [-0.2, 0) is 4.79 Å². The molecule has 1 aliphatic rings. The van der Waals surface area contributed by atoms with Crippen LogP contribution in [0.25, 0.3) is 0 Å². The highest BCUT2D eigenvalue weighted by Gasteiger charge is 2.18. The fourth-order valence-corrected chi connectivity index (χ4v) is 2.22. The summed E-state index contributed by atoms with van der Waals surface area (Å²) >= 11 is 1.18. The maximum absolute atomic E-state index is 11.1. The van der Waals surface area contributed by atoms with E-state index in [2.05, 4.69) is 5.32 Å². The van der Waals surface area contributed by atoms with Crippen molar-refractivity contribution in [2.75, 3.05) is 24.5 Å². The molecule has 6 heteroatoms. The number of carboxylic acids is 1. The SMILES string of the molecule is O=C1CN(c2csc(C(=O)O)c2)CCN1. The lowest BCUT2D eigenvalue weighted by Gasteiger charge is -2.27. The zero-order chi connectivity index (χ0) is 10.8. The lowest BCUT2D eigenvalue weighted by atomic mass is 10.3. The highest BCUT2D eigenvalue weighted by atomic mass is 32.1. The van der Waals surface area contributed by atoms with Gasteiger partial charge in [0.2, 0.25) is 5.91 Å². The highest BCUT2D eigenvalue weighted by Crippen LogP contribution is 2.23. The van der Waals surface area contributed by atoms with Crippen LogP contribution in [-0.4, -0.2) is 36.6 Å². The smallest absolute Gasteiger partial charge is 0.345 e. The van der Waals surface area contributed by atoms with Crippen molar-refractivity contribution in [2.45, 2.75) is 0 Å². The quantitative estimate of drug-likeness (QED) is 0.765. The normalized spacial score (nSPS) is 16.3. The van der Waals surface area contributed by atoms with Gasteiger partial charge in [-0.3, -0.25) is 4.79 Å². The van der Waals surface area contributed by atoms with Gasteiger partial charge in [0.15, 0.2) is 0 Å². The number of carboxylic acid groups (broad SMARTS) is 1. The van der Waals surface area contributed by atoms with Gasteiger partial charge < -0.3 is 15.3 Å². The summed E-state index contributed by atoms with van der Waals surface area (Å²) < 4.78 is 0. The first-order valence-corrected chi connectivity index (χ1v) is 5.38. The molecule has 0 saturated carbocycles. The molecule has 80 valence electrons. The van der Waals surface area contributed by atoms with Gasteiger partial charge in [0.1, 0.15) is 4.88 Å². The van der Waals surface area contributed by atoms with Crippen LogP contribution in [0.2, 0.25) is 0 Å². The van der Waals surface area contributed by atoms with E-state index in [4.69, 9.17) is 5.11 Å². The lowest BCUT2D eigenvalue weighted by Crippen LogP contribution is -2.47. The third kappa shape index (κ3) is 2.10. The highest BCUT2D eigenvalue weighted by molar-refractivity contribution is 7.12. The molecule has 2 rings (SSSR count). The van der Waals surface area contributed by atoms with Crippen molar-refractivity contribution >= 4 is 28.9 Å². The summed E-state index contributed by atoms with van der Waals surface area (Å²) in [5, 5.41) is 13.2. The second-order valence-corrected chi connectivity index (χ2v) is 4.16. The Kier molecular flexibility index (Phi) is 2.59. The van der Waals surface area contributed by atoms with E-state index >= 15 is 0 Å². The van der Waals surface area contributed by atoms with Gasteiger partial charge in [0.25, 0.3) is 0 Å². The van der Waals surface area contributed by atoms with Gasteiger partial charge >= 0.3 is 5.97 Å². The molecule has 1 aromatic rings. The molecule has 2 N–H and O–H groups in total. The summed E-state index contributed by atoms with van der Waals surface area (Å²) in [6.07, 6.45) is 0. The molecule has 2 heterocycles. The fraction of sp³-hybridized carbons (Fsp3) is 0.333. The standard InChI is InChI=1S/C9H10N2O3S/c12-8-4-11(2-1-10-8)6-3-7(9(13)14)15-5-6/h3,5H,1-2,4H2,(H,10,12)(H,13,14). The summed E-state index contributed by atoms with van der Waals surface area (Å²) in [5.41, 5.74) is 0.812. The van der Waals surface area contributed by atoms with E-state index < -0.39 is 5.97 Å². The molecule has 1 fully saturated rings. The Balaban J connectivity index is 2.14. The fourth-order valence-electron chi connectivity index (χ4n) is 1.46. The molecule has 1 aliphatic heterocycles. The van der Waals surface area contributed by atoms with Crippen molar-refractivity contribution in [3.63, 3.8) is 0 Å². The zero-order valence-electron chi connectivity index (χ0n) is 7.90. The first-order chi connectivity index (χ1) is 7.16. The molecule has 0 atom stereocenters. The van der Waals surface area contributed by atoms with Crippen LogP contribution in [0.5, 0.6) is 0 Å². The molecule has 0 spiro atoms. The number of aromatic carboxylic acids is 1. The zero-order valence-corrected chi connectivity index (χ0v) is 8.71. The van der Waals surface area contributed by atoms with Gasteiger partial charge in [-0.15, -0.1) is 11.3 Å². The Labute approximate surface area is 90.3 Å². The number of hydrogen-bond acceptors (Lipinski definition) is 4. The summed E-state index contributed by atoms with van der Waals surface area (Å²) in [5.74, 6) is -0.947. The van der Waals surface area contributed by atoms with Crippen LogP contribution in [0.4, 0.5) is 5.69 Å². The lowest BCUT2D eigenvalue weighted by molar-refractivity contribution is -0.120. The van der Waals surface area contributed by atoms with Crippen molar-refractivity contribution in [1.82, 2.24) is 5.32 Å². The van der Waals surface area contributed by atoms with E-state index in [1.165, 1.54) is 11.3 Å². The van der Waals surface area contributed by atoms with E-state index in [-0.39, 0.29) is 5.91 Å². The second kappa shape index (κ2) is 3.90. The predicted octanol–water partition coefficient (Wildman–Crippen LogP) is 0.382. The first kappa shape index (κ1) is 9.97. The number of piperazine rings is 1. The molecule has 15 heavy (non-hydrogen) atoms. The van der Waals surface area contributed by atoms with E-state index in [1.54, 1.807) is 11.4 Å². The Bertz CT molecular complexity index is 402. The van der Waals surface area contributed by atoms with Crippen LogP contribution in [0.1, 0.15) is 9.67 Å². The van der Waals surface area contributed by atoms with E-state index in [0.29, 0.717) is 18.0 Å². The number of anilines is 1. The maximum atomic E-state index is 11.1. The van der Waals surface area contributed by atoms with Crippen LogP contribution in [0.3, 0.4) is 0 Å². The predicted molar refractivity (Wildman–Crippen MR) is 56.5 cm³/mol. The average molecular weight is 226 g/mol. The maximum Gasteiger partial charge on any atom is 0.345 e. The van der Waals surface area contributed by atoms with Crippen LogP contribution in [0, 0.1) is 0 Å². The Hall–Kier alpha value is -1.56. The molecule has 1 saturated heterocycles. The van der Waals surface area contributed by atoms with Crippen molar-refractivity contribution in [1.29, 1.82) is 0 Å². The summed E-state index contributed by atoms with van der Waals surface area (Å²) in [6.45, 7) is 1.63. The number of carbonyl (C=O) groups is 2. The molecular weight excluding hydrogens is 216 g/mol. The molecular formula is C9H10N2O3S. The van der Waals surface area contributed by atoms with Crippen LogP contribution >= 0.6 is 11.3 Å². The molecule has 1 aromatic heterocycles. The van der Waals surface area contributed by atoms with Crippen molar-refractivity contribution in [2.24, 2.45) is 0 Å². The number of amides is 1. The molecule has 0 aromatic carbocycles. The minimum Gasteiger partial charge on any atom is -0.477 e. The Morgan fingerprint density at radius 2 is 2.40 bits per heavy atom. The van der Waals surface area contributed by atoms with Gasteiger partial charge in [-0.2, -0.15) is 0 Å². The summed E-state index contributed by atoms with van der Waals surface area (Å²) in [6, 6.07) is 1.60. The molecule has 0 aliphatic carbocycles. The van der Waals surface area contributed by atoms with E-state index in [1.807, 2.05) is 4.90 Å². The van der Waals surface area contributed by atoms with Gasteiger partial charge in [-0.1, -0.05) is 0 Å². The van der Waals surface area contributed by atoms with Gasteiger partial charge in [0, 0.05) is 24.2 Å². The minimum atomic E-state index is -0.923. The molecule has 0 bridgehead atoms. The van der Waals surface area contributed by atoms with Crippen molar-refractivity contribution in [3.8, 4) is 0 Å². The van der Waals surface area contributed by atoms with Crippen molar-refractivity contribution in [3.05, 3.63) is 16.3 Å². The average Bonchev–Trinajstić information content (AvgIpc) is 2.66. The number of nitrogens with zero attached hydrogens (tertiary/aromatic N) is 1. The van der Waals surface area contributed by atoms with Gasteiger partial charge in [0.05, 0.1) is 6.54 Å². The molecule has 0 radical (unpaired) electrons. The van der Waals surface area contributed by atoms with Crippen LogP contribution < -0.4 is 10.2 Å². The molecule has 0 unspecified atom stereocenters. The topological polar surface area (TPSA) is 69.6 Å². The third-order valence-electron chi connectivity index (χ3n) is 2.20. The molecule has 5 nitrogen and oxygen atoms in total. The van der Waals surface area contributed by atoms with Crippen molar-refractivity contribution < 1.29 is 14.7 Å². The minimum absolute atomic E-state index is 0.0238. The van der Waals surface area contributed by atoms with Gasteiger partial charge in [-0.25, -0.2) is 4.79 Å². The number of nitrogens with one attached hydrogen (secondary N) is 1. The Morgan fingerprint density at radius 3 is 3.00 bits per heavy atom. The number of hydrogen-bond donors (Lipinski definition) is 2.